The van der Waals surface area contributed by atoms with E-state index in [4.69, 9.17) is 9.15 Å². The monoisotopic (exact) mass is 324 g/mol. The van der Waals surface area contributed by atoms with Gasteiger partial charge in [-0.15, -0.1) is 0 Å². The van der Waals surface area contributed by atoms with E-state index in [2.05, 4.69) is 18.9 Å². The molecule has 0 saturated carbocycles. The average Bonchev–Trinajstić information content (AvgIpc) is 3.21. The lowest BCUT2D eigenvalue weighted by atomic mass is 9.83. The summed E-state index contributed by atoms with van der Waals surface area (Å²) in [7, 11) is 0. The molecule has 5 nitrogen and oxygen atoms in total. The molecule has 3 heterocycles. The standard InChI is InChI=1S/C19H20N2O3/c1-19(2)11-15-14(12-24-19)17(13-7-4-3-5-8-13)21(20-15)18(22)16-9-6-10-23-16/h3-10,14,17H,11-12H2,1-2H3/t14-,17-/m1/s1. The Kier molecular flexibility index (Phi) is 3.53. The number of carbonyl (C=O) groups is 1. The van der Waals surface area contributed by atoms with Gasteiger partial charge in [0.1, 0.15) is 0 Å². The maximum absolute atomic E-state index is 12.9. The van der Waals surface area contributed by atoms with Crippen molar-refractivity contribution in [2.45, 2.75) is 31.9 Å². The second-order valence-electron chi connectivity index (χ2n) is 6.93. The summed E-state index contributed by atoms with van der Waals surface area (Å²) in [6.45, 7) is 4.67. The second-order valence-corrected chi connectivity index (χ2v) is 6.93. The number of rotatable bonds is 2. The van der Waals surface area contributed by atoms with Crippen molar-refractivity contribution in [2.75, 3.05) is 6.61 Å². The van der Waals surface area contributed by atoms with Crippen molar-refractivity contribution in [2.24, 2.45) is 11.0 Å². The Labute approximate surface area is 140 Å². The lowest BCUT2D eigenvalue weighted by Gasteiger charge is -2.35. The van der Waals surface area contributed by atoms with Crippen molar-refractivity contribution in [3.05, 3.63) is 60.1 Å². The van der Waals surface area contributed by atoms with Crippen molar-refractivity contribution in [1.82, 2.24) is 5.01 Å². The van der Waals surface area contributed by atoms with Gasteiger partial charge in [-0.05, 0) is 31.5 Å². The highest BCUT2D eigenvalue weighted by molar-refractivity contribution is 5.97. The highest BCUT2D eigenvalue weighted by Crippen LogP contribution is 2.42. The molecule has 24 heavy (non-hydrogen) atoms. The number of carbonyl (C=O) groups excluding carboxylic acids is 1. The number of furan rings is 1. The van der Waals surface area contributed by atoms with Crippen LogP contribution >= 0.6 is 0 Å². The van der Waals surface area contributed by atoms with Gasteiger partial charge in [-0.2, -0.15) is 5.10 Å². The molecule has 1 saturated heterocycles. The number of hydrazone groups is 1. The number of nitrogens with zero attached hydrogens (tertiary/aromatic N) is 2. The lowest BCUT2D eigenvalue weighted by Crippen LogP contribution is -2.41. The van der Waals surface area contributed by atoms with Crippen molar-refractivity contribution in [3.8, 4) is 0 Å². The fourth-order valence-corrected chi connectivity index (χ4v) is 3.49. The first-order valence-corrected chi connectivity index (χ1v) is 8.18. The number of hydrogen-bond donors (Lipinski definition) is 0. The van der Waals surface area contributed by atoms with Gasteiger partial charge in [0.25, 0.3) is 0 Å². The SMILES string of the molecule is CC1(C)CC2=NN(C(=O)c3ccco3)[C@H](c3ccccc3)[C@@H]2CO1. The van der Waals surface area contributed by atoms with Gasteiger partial charge in [0.05, 0.1) is 24.5 Å². The Balaban J connectivity index is 1.74. The van der Waals surface area contributed by atoms with Crippen molar-refractivity contribution in [3.63, 3.8) is 0 Å². The summed E-state index contributed by atoms with van der Waals surface area (Å²) >= 11 is 0. The molecule has 1 aromatic carbocycles. The number of fused-ring (bicyclic) bond motifs is 1. The molecule has 0 bridgehead atoms. The summed E-state index contributed by atoms with van der Waals surface area (Å²) in [4.78, 5) is 12.9. The van der Waals surface area contributed by atoms with E-state index in [0.717, 1.165) is 17.7 Å². The summed E-state index contributed by atoms with van der Waals surface area (Å²) in [6, 6.07) is 13.2. The zero-order valence-corrected chi connectivity index (χ0v) is 13.8. The third-order valence-corrected chi connectivity index (χ3v) is 4.65. The number of hydrogen-bond acceptors (Lipinski definition) is 4. The third kappa shape index (κ3) is 2.55. The Hall–Kier alpha value is -2.40. The molecule has 2 aromatic rings. The molecule has 1 fully saturated rings. The minimum Gasteiger partial charge on any atom is -0.459 e. The molecule has 0 unspecified atom stereocenters. The molecule has 1 amide bonds. The number of ether oxygens (including phenoxy) is 1. The fraction of sp³-hybridized carbons (Fsp3) is 0.368. The van der Waals surface area contributed by atoms with Gasteiger partial charge in [0, 0.05) is 18.1 Å². The lowest BCUT2D eigenvalue weighted by molar-refractivity contribution is -0.0425. The molecule has 2 aliphatic heterocycles. The topological polar surface area (TPSA) is 55.0 Å². The van der Waals surface area contributed by atoms with Gasteiger partial charge in [-0.3, -0.25) is 4.79 Å². The molecular formula is C19H20N2O3. The molecule has 124 valence electrons. The van der Waals surface area contributed by atoms with Gasteiger partial charge in [-0.1, -0.05) is 30.3 Å². The Morgan fingerprint density at radius 1 is 1.21 bits per heavy atom. The van der Waals surface area contributed by atoms with Gasteiger partial charge in [-0.25, -0.2) is 5.01 Å². The molecule has 4 rings (SSSR count). The maximum atomic E-state index is 12.9. The molecule has 1 aromatic heterocycles. The van der Waals surface area contributed by atoms with Gasteiger partial charge in [0.15, 0.2) is 5.76 Å². The van der Waals surface area contributed by atoms with Crippen LogP contribution in [-0.2, 0) is 4.74 Å². The fourth-order valence-electron chi connectivity index (χ4n) is 3.49. The first-order valence-electron chi connectivity index (χ1n) is 8.18. The molecule has 0 aliphatic carbocycles. The second kappa shape index (κ2) is 5.60. The summed E-state index contributed by atoms with van der Waals surface area (Å²) in [6.07, 6.45) is 2.23. The first-order chi connectivity index (χ1) is 11.6. The van der Waals surface area contributed by atoms with E-state index < -0.39 is 0 Å². The van der Waals surface area contributed by atoms with E-state index in [-0.39, 0.29) is 23.5 Å². The van der Waals surface area contributed by atoms with Crippen LogP contribution in [0.2, 0.25) is 0 Å². The van der Waals surface area contributed by atoms with E-state index in [1.54, 1.807) is 17.1 Å². The molecule has 0 radical (unpaired) electrons. The zero-order chi connectivity index (χ0) is 16.7. The van der Waals surface area contributed by atoms with Crippen LogP contribution in [0.5, 0.6) is 0 Å². The van der Waals surface area contributed by atoms with Crippen LogP contribution in [0.3, 0.4) is 0 Å². The first kappa shape index (κ1) is 15.1. The van der Waals surface area contributed by atoms with Crippen LogP contribution in [0.1, 0.15) is 42.4 Å². The summed E-state index contributed by atoms with van der Waals surface area (Å²) in [5, 5.41) is 6.25. The van der Waals surface area contributed by atoms with Gasteiger partial charge in [0.2, 0.25) is 0 Å². The summed E-state index contributed by atoms with van der Waals surface area (Å²) in [5.41, 5.74) is 1.84. The summed E-state index contributed by atoms with van der Waals surface area (Å²) < 4.78 is 11.3. The van der Waals surface area contributed by atoms with E-state index in [1.165, 1.54) is 6.26 Å². The number of amides is 1. The van der Waals surface area contributed by atoms with Crippen molar-refractivity contribution >= 4 is 11.6 Å². The van der Waals surface area contributed by atoms with E-state index in [0.29, 0.717) is 12.4 Å². The van der Waals surface area contributed by atoms with E-state index in [1.807, 2.05) is 30.3 Å². The van der Waals surface area contributed by atoms with Crippen molar-refractivity contribution < 1.29 is 13.9 Å². The molecule has 2 atom stereocenters. The van der Waals surface area contributed by atoms with Crippen LogP contribution in [0.15, 0.2) is 58.2 Å². The van der Waals surface area contributed by atoms with Crippen molar-refractivity contribution in [1.29, 1.82) is 0 Å². The Bertz CT molecular complexity index is 765. The van der Waals surface area contributed by atoms with Crippen LogP contribution in [-0.4, -0.2) is 28.8 Å². The van der Waals surface area contributed by atoms with Gasteiger partial charge >= 0.3 is 5.91 Å². The molecule has 0 N–H and O–H groups in total. The van der Waals surface area contributed by atoms with E-state index >= 15 is 0 Å². The Morgan fingerprint density at radius 3 is 2.71 bits per heavy atom. The summed E-state index contributed by atoms with van der Waals surface area (Å²) in [5.74, 6) is 0.173. The molecular weight excluding hydrogens is 304 g/mol. The molecule has 0 spiro atoms. The highest BCUT2D eigenvalue weighted by atomic mass is 16.5. The zero-order valence-electron chi connectivity index (χ0n) is 13.8. The minimum atomic E-state index is -0.250. The van der Waals surface area contributed by atoms with Crippen LogP contribution in [0.25, 0.3) is 0 Å². The largest absolute Gasteiger partial charge is 0.459 e. The van der Waals surface area contributed by atoms with E-state index in [9.17, 15) is 4.79 Å². The predicted octanol–water partition coefficient (Wildman–Crippen LogP) is 3.65. The molecule has 5 heteroatoms. The molecule has 2 aliphatic rings. The highest BCUT2D eigenvalue weighted by Gasteiger charge is 2.46. The normalized spacial score (nSPS) is 25.2. The third-order valence-electron chi connectivity index (χ3n) is 4.65. The number of benzene rings is 1. The smallest absolute Gasteiger partial charge is 0.310 e. The minimum absolute atomic E-state index is 0.0827. The predicted molar refractivity (Wildman–Crippen MR) is 89.6 cm³/mol. The maximum Gasteiger partial charge on any atom is 0.310 e. The Morgan fingerprint density at radius 2 is 2.00 bits per heavy atom. The van der Waals surface area contributed by atoms with Crippen LogP contribution in [0, 0.1) is 5.92 Å². The van der Waals surface area contributed by atoms with Crippen LogP contribution < -0.4 is 0 Å². The van der Waals surface area contributed by atoms with Gasteiger partial charge < -0.3 is 9.15 Å². The van der Waals surface area contributed by atoms with Crippen LogP contribution in [0.4, 0.5) is 0 Å². The quantitative estimate of drug-likeness (QED) is 0.847. The average molecular weight is 324 g/mol.